The van der Waals surface area contributed by atoms with Crippen molar-refractivity contribution in [1.29, 1.82) is 0 Å². The molecule has 0 saturated carbocycles. The van der Waals surface area contributed by atoms with Crippen LogP contribution in [-0.2, 0) is 13.9 Å². The second kappa shape index (κ2) is 6.19. The summed E-state index contributed by atoms with van der Waals surface area (Å²) in [6, 6.07) is 0. The summed E-state index contributed by atoms with van der Waals surface area (Å²) in [7, 11) is -1.73. The Kier molecular flexibility index (Phi) is 6.47. The number of halogens is 1. The van der Waals surface area contributed by atoms with Gasteiger partial charge < -0.3 is 0 Å². The zero-order valence-corrected chi connectivity index (χ0v) is 8.72. The van der Waals surface area contributed by atoms with Gasteiger partial charge in [0.2, 0.25) is 9.95 Å². The Morgan fingerprint density at radius 2 is 2.30 bits per heavy atom. The third-order valence-corrected chi connectivity index (χ3v) is 2.69. The predicted molar refractivity (Wildman–Crippen MR) is 47.7 cm³/mol. The van der Waals surface area contributed by atoms with Crippen LogP contribution in [0.5, 0.6) is 0 Å². The molecule has 0 aromatic heterocycles. The topological polar surface area (TPSA) is 43.4 Å². The Hall–Kier alpha value is 0.460. The molecule has 10 heavy (non-hydrogen) atoms. The summed E-state index contributed by atoms with van der Waals surface area (Å²) in [4.78, 5) is 10.3. The molecule has 58 valence electrons. The van der Waals surface area contributed by atoms with Crippen LogP contribution in [0.3, 0.4) is 0 Å². The number of hydrogen-bond donors (Lipinski definition) is 0. The van der Waals surface area contributed by atoms with E-state index in [0.29, 0.717) is 6.61 Å². The molecule has 0 aromatic rings. The van der Waals surface area contributed by atoms with Gasteiger partial charge in [-0.05, 0) is 11.0 Å². The summed E-state index contributed by atoms with van der Waals surface area (Å²) in [6.45, 7) is 2.40. The van der Waals surface area contributed by atoms with Crippen LogP contribution in [0, 0.1) is 0 Å². The van der Waals surface area contributed by atoms with Gasteiger partial charge >= 0.3 is 8.03 Å². The lowest BCUT2D eigenvalue weighted by Crippen LogP contribution is -1.91. The van der Waals surface area contributed by atoms with Crippen molar-refractivity contribution < 1.29 is 13.9 Å². The van der Waals surface area contributed by atoms with E-state index in [1.807, 2.05) is 6.92 Å². The Morgan fingerprint density at radius 1 is 1.70 bits per heavy atom. The maximum Gasteiger partial charge on any atom is 0.516 e. The summed E-state index contributed by atoms with van der Waals surface area (Å²) in [6.07, 6.45) is 0.867. The Labute approximate surface area is 74.5 Å². The van der Waals surface area contributed by atoms with E-state index < -0.39 is 8.03 Å². The van der Waals surface area contributed by atoms with E-state index in [1.54, 1.807) is 22.6 Å². The first-order valence-electron chi connectivity index (χ1n) is 2.92. The average Bonchev–Trinajstić information content (AvgIpc) is 1.82. The lowest BCUT2D eigenvalue weighted by molar-refractivity contribution is -0.107. The molecular formula is C5H9IO3P+. The minimum Gasteiger partial charge on any atom is -0.283 e. The Bertz CT molecular complexity index is 137. The first kappa shape index (κ1) is 10.5. The van der Waals surface area contributed by atoms with Crippen molar-refractivity contribution in [2.24, 2.45) is 0 Å². The molecule has 1 unspecified atom stereocenters. The van der Waals surface area contributed by atoms with Crippen LogP contribution in [0.2, 0.25) is 0 Å². The smallest absolute Gasteiger partial charge is 0.283 e. The fraction of sp³-hybridized carbons (Fsp3) is 0.800. The van der Waals surface area contributed by atoms with Crippen LogP contribution in [0.25, 0.3) is 0 Å². The van der Waals surface area contributed by atoms with Gasteiger partial charge in [0.15, 0.2) is 0 Å². The first-order valence-corrected chi connectivity index (χ1v) is 5.37. The average molecular weight is 275 g/mol. The minimum atomic E-state index is -1.73. The van der Waals surface area contributed by atoms with Gasteiger partial charge in [-0.25, -0.2) is 0 Å². The van der Waals surface area contributed by atoms with E-state index in [1.165, 1.54) is 0 Å². The van der Waals surface area contributed by atoms with Gasteiger partial charge in [-0.2, -0.15) is 0 Å². The molecule has 0 aromatic carbocycles. The molecule has 0 bridgehead atoms. The van der Waals surface area contributed by atoms with Crippen LogP contribution in [-0.4, -0.2) is 16.6 Å². The Morgan fingerprint density at radius 3 is 2.70 bits per heavy atom. The molecule has 3 nitrogen and oxygen atoms in total. The summed E-state index contributed by atoms with van der Waals surface area (Å²) in [5, 5.41) is 0. The highest BCUT2D eigenvalue weighted by Crippen LogP contribution is 2.22. The number of rotatable bonds is 5. The highest BCUT2D eigenvalue weighted by atomic mass is 127. The zero-order valence-electron chi connectivity index (χ0n) is 5.67. The largest absolute Gasteiger partial charge is 0.516 e. The number of hydrogen-bond acceptors (Lipinski definition) is 3. The van der Waals surface area contributed by atoms with Crippen molar-refractivity contribution in [2.75, 3.05) is 12.8 Å². The lowest BCUT2D eigenvalue weighted by atomic mass is 10.5. The molecule has 0 saturated heterocycles. The van der Waals surface area contributed by atoms with E-state index in [2.05, 4.69) is 0 Å². The second-order valence-electron chi connectivity index (χ2n) is 1.68. The third kappa shape index (κ3) is 6.58. The van der Waals surface area contributed by atoms with E-state index in [0.717, 1.165) is 6.42 Å². The molecule has 0 radical (unpaired) electrons. The van der Waals surface area contributed by atoms with Crippen molar-refractivity contribution in [3.05, 3.63) is 0 Å². The highest BCUT2D eigenvalue weighted by Gasteiger charge is 2.20. The normalized spacial score (nSPS) is 11.2. The van der Waals surface area contributed by atoms with Gasteiger partial charge in [0.05, 0.1) is 0 Å². The van der Waals surface area contributed by atoms with Crippen molar-refractivity contribution in [3.63, 3.8) is 0 Å². The van der Waals surface area contributed by atoms with Crippen LogP contribution < -0.4 is 0 Å². The fourth-order valence-corrected chi connectivity index (χ4v) is 1.86. The quantitative estimate of drug-likeness (QED) is 0.438. The third-order valence-electron chi connectivity index (χ3n) is 0.693. The molecule has 0 heterocycles. The minimum absolute atomic E-state index is 0.0376. The Balaban J connectivity index is 3.35. The maximum atomic E-state index is 10.7. The van der Waals surface area contributed by atoms with Gasteiger partial charge in [-0.15, -0.1) is 4.52 Å². The summed E-state index contributed by atoms with van der Waals surface area (Å²) in [5.74, 6) is 0. The molecule has 0 fully saturated rings. The van der Waals surface area contributed by atoms with Crippen LogP contribution >= 0.6 is 30.6 Å². The molecule has 0 amide bonds. The van der Waals surface area contributed by atoms with Crippen LogP contribution in [0.15, 0.2) is 0 Å². The standard InChI is InChI=1S/C5H9IO3P/c1-2-3-9-10(8)4-5(6)7/h2-4H2,1H3/q+1. The molecule has 0 aliphatic rings. The molecule has 0 N–H and O–H groups in total. The van der Waals surface area contributed by atoms with Crippen molar-refractivity contribution in [1.82, 2.24) is 0 Å². The molecule has 0 aliphatic heterocycles. The molecule has 1 atom stereocenters. The van der Waals surface area contributed by atoms with E-state index >= 15 is 0 Å². The van der Waals surface area contributed by atoms with Gasteiger partial charge in [0, 0.05) is 22.6 Å². The first-order chi connectivity index (χ1) is 4.66. The monoisotopic (exact) mass is 275 g/mol. The molecule has 5 heteroatoms. The van der Waals surface area contributed by atoms with E-state index in [-0.39, 0.29) is 9.95 Å². The van der Waals surface area contributed by atoms with Gasteiger partial charge in [-0.3, -0.25) is 4.79 Å². The number of carbonyl (C=O) groups is 1. The van der Waals surface area contributed by atoms with Gasteiger partial charge in [0.25, 0.3) is 0 Å². The molecule has 0 aliphatic carbocycles. The number of carbonyl (C=O) groups excluding carboxylic acids is 1. The van der Waals surface area contributed by atoms with Crippen molar-refractivity contribution in [2.45, 2.75) is 13.3 Å². The molecule has 0 rings (SSSR count). The second-order valence-corrected chi connectivity index (χ2v) is 4.12. The fourth-order valence-electron chi connectivity index (χ4n) is 0.340. The van der Waals surface area contributed by atoms with Crippen molar-refractivity contribution in [3.8, 4) is 0 Å². The summed E-state index contributed by atoms with van der Waals surface area (Å²) >= 11 is 1.61. The van der Waals surface area contributed by atoms with E-state index in [4.69, 9.17) is 4.52 Å². The van der Waals surface area contributed by atoms with E-state index in [9.17, 15) is 9.36 Å². The lowest BCUT2D eigenvalue weighted by Gasteiger charge is -1.83. The van der Waals surface area contributed by atoms with Crippen molar-refractivity contribution >= 4 is 34.4 Å². The molecular weight excluding hydrogens is 266 g/mol. The summed E-state index contributed by atoms with van der Waals surface area (Å²) in [5.41, 5.74) is 0. The molecule has 0 spiro atoms. The highest BCUT2D eigenvalue weighted by molar-refractivity contribution is 14.1. The van der Waals surface area contributed by atoms with Gasteiger partial charge in [-0.1, -0.05) is 6.92 Å². The van der Waals surface area contributed by atoms with Gasteiger partial charge in [0.1, 0.15) is 6.61 Å². The maximum absolute atomic E-state index is 10.7. The van der Waals surface area contributed by atoms with Crippen LogP contribution in [0.4, 0.5) is 0 Å². The predicted octanol–water partition coefficient (Wildman–Crippen LogP) is 2.12. The SMILES string of the molecule is CCCO[P+](=O)CC(=O)I. The summed E-state index contributed by atoms with van der Waals surface area (Å²) < 4.78 is 15.4. The van der Waals surface area contributed by atoms with Crippen LogP contribution in [0.1, 0.15) is 13.3 Å². The zero-order chi connectivity index (χ0) is 7.98.